The highest BCUT2D eigenvalue weighted by atomic mass is 32.2. The molecule has 0 saturated carbocycles. The van der Waals surface area contributed by atoms with Crippen molar-refractivity contribution < 1.29 is 22.4 Å². The molecule has 2 rings (SSSR count). The number of nitrogens with zero attached hydrogens (tertiary/aromatic N) is 1. The smallest absolute Gasteiger partial charge is 0.373 e. The maximum Gasteiger partial charge on any atom is 0.373 e. The summed E-state index contributed by atoms with van der Waals surface area (Å²) in [5.74, 6) is -0.587. The molecule has 1 fully saturated rings. The molecule has 0 spiro atoms. The predicted molar refractivity (Wildman–Crippen MR) is 75.6 cm³/mol. The number of aryl methyl sites for hydroxylation is 1. The van der Waals surface area contributed by atoms with E-state index in [0.29, 0.717) is 13.1 Å². The van der Waals surface area contributed by atoms with Gasteiger partial charge >= 0.3 is 5.97 Å². The lowest BCUT2D eigenvalue weighted by molar-refractivity contribution is 0.0563. The van der Waals surface area contributed by atoms with E-state index in [4.69, 9.17) is 4.42 Å². The number of carbonyl (C=O) groups is 1. The molecule has 0 aliphatic carbocycles. The first-order valence-electron chi connectivity index (χ1n) is 6.77. The van der Waals surface area contributed by atoms with Gasteiger partial charge in [-0.05, 0) is 26.8 Å². The number of hydrogen-bond donors (Lipinski definition) is 1. The van der Waals surface area contributed by atoms with Gasteiger partial charge in [0.25, 0.3) is 0 Å². The summed E-state index contributed by atoms with van der Waals surface area (Å²) in [6.07, 6.45) is 1.65. The summed E-state index contributed by atoms with van der Waals surface area (Å²) in [5.41, 5.74) is 0. The van der Waals surface area contributed by atoms with Crippen LogP contribution in [0.2, 0.25) is 0 Å². The minimum atomic E-state index is -3.67. The number of carbonyl (C=O) groups excluding carboxylic acids is 1. The van der Waals surface area contributed by atoms with Crippen LogP contribution in [0.25, 0.3) is 0 Å². The van der Waals surface area contributed by atoms with Crippen LogP contribution in [0.5, 0.6) is 0 Å². The number of hydrogen-bond acceptors (Lipinski definition) is 6. The van der Waals surface area contributed by atoms with Crippen LogP contribution in [0.4, 0.5) is 0 Å². The Hall–Kier alpha value is -1.38. The normalized spacial score (nSPS) is 19.9. The monoisotopic (exact) mass is 316 g/mol. The Labute approximate surface area is 124 Å². The fourth-order valence-corrected chi connectivity index (χ4v) is 4.47. The third-order valence-electron chi connectivity index (χ3n) is 3.61. The molecule has 1 unspecified atom stereocenters. The number of likely N-dealkylation sites (N-methyl/N-ethyl adjacent to an activating group) is 1. The second-order valence-corrected chi connectivity index (χ2v) is 6.85. The molecule has 0 amide bonds. The largest absolute Gasteiger partial charge is 0.463 e. The van der Waals surface area contributed by atoms with E-state index >= 15 is 0 Å². The standard InChI is InChI=1S/C13H20N2O5S/c1-9-12(7-11(20-9)13(16)19-3)21(17,18)15-6-4-5-10(15)8-14-2/h7,10,14H,4-6,8H2,1-3H3. The maximum atomic E-state index is 12.8. The summed E-state index contributed by atoms with van der Waals surface area (Å²) >= 11 is 0. The zero-order chi connectivity index (χ0) is 15.6. The molecule has 1 aliphatic heterocycles. The highest BCUT2D eigenvalue weighted by Gasteiger charge is 2.37. The van der Waals surface area contributed by atoms with Crippen molar-refractivity contribution in [2.45, 2.75) is 30.7 Å². The van der Waals surface area contributed by atoms with E-state index < -0.39 is 16.0 Å². The molecule has 8 heteroatoms. The maximum absolute atomic E-state index is 12.8. The summed E-state index contributed by atoms with van der Waals surface area (Å²) < 4.78 is 36.7. The van der Waals surface area contributed by atoms with Gasteiger partial charge in [0.1, 0.15) is 10.7 Å². The molecule has 21 heavy (non-hydrogen) atoms. The number of methoxy groups -OCH3 is 1. The van der Waals surface area contributed by atoms with Crippen LogP contribution in [0.15, 0.2) is 15.4 Å². The second kappa shape index (κ2) is 6.17. The van der Waals surface area contributed by atoms with Crippen LogP contribution in [-0.2, 0) is 14.8 Å². The number of esters is 1. The molecule has 1 saturated heterocycles. The summed E-state index contributed by atoms with van der Waals surface area (Å²) in [7, 11) is -0.657. The second-order valence-electron chi connectivity index (χ2n) is 4.99. The van der Waals surface area contributed by atoms with E-state index in [2.05, 4.69) is 10.1 Å². The molecule has 0 aromatic carbocycles. The van der Waals surface area contributed by atoms with Crippen LogP contribution in [0.1, 0.15) is 29.2 Å². The molecule has 1 atom stereocenters. The van der Waals surface area contributed by atoms with Crippen molar-refractivity contribution in [2.75, 3.05) is 27.2 Å². The average Bonchev–Trinajstić information content (AvgIpc) is 3.05. The fourth-order valence-electron chi connectivity index (χ4n) is 2.61. The molecular formula is C13H20N2O5S. The summed E-state index contributed by atoms with van der Waals surface area (Å²) in [6, 6.07) is 1.17. The topological polar surface area (TPSA) is 88.9 Å². The zero-order valence-electron chi connectivity index (χ0n) is 12.4. The quantitative estimate of drug-likeness (QED) is 0.806. The van der Waals surface area contributed by atoms with Gasteiger partial charge in [0.05, 0.1) is 7.11 Å². The molecule has 7 nitrogen and oxygen atoms in total. The van der Waals surface area contributed by atoms with Gasteiger partial charge in [-0.2, -0.15) is 4.31 Å². The van der Waals surface area contributed by atoms with Crippen LogP contribution >= 0.6 is 0 Å². The molecule has 1 aromatic rings. The van der Waals surface area contributed by atoms with Crippen LogP contribution in [-0.4, -0.2) is 52.0 Å². The average molecular weight is 316 g/mol. The fraction of sp³-hybridized carbons (Fsp3) is 0.615. The van der Waals surface area contributed by atoms with E-state index in [1.165, 1.54) is 24.4 Å². The minimum absolute atomic E-state index is 0.0332. The molecule has 2 heterocycles. The van der Waals surface area contributed by atoms with E-state index in [-0.39, 0.29) is 22.5 Å². The Morgan fingerprint density at radius 1 is 1.57 bits per heavy atom. The number of rotatable bonds is 5. The van der Waals surface area contributed by atoms with Crippen molar-refractivity contribution in [1.29, 1.82) is 0 Å². The molecule has 1 aliphatic rings. The van der Waals surface area contributed by atoms with Crippen LogP contribution in [0, 0.1) is 6.92 Å². The number of nitrogens with one attached hydrogen (secondary N) is 1. The van der Waals surface area contributed by atoms with Crippen molar-refractivity contribution in [3.8, 4) is 0 Å². The first-order valence-corrected chi connectivity index (χ1v) is 8.21. The summed E-state index contributed by atoms with van der Waals surface area (Å²) in [6.45, 7) is 2.61. The Morgan fingerprint density at radius 2 is 2.29 bits per heavy atom. The Bertz CT molecular complexity index is 623. The minimum Gasteiger partial charge on any atom is -0.463 e. The first-order chi connectivity index (χ1) is 9.91. The Morgan fingerprint density at radius 3 is 2.90 bits per heavy atom. The molecule has 0 bridgehead atoms. The molecule has 118 valence electrons. The predicted octanol–water partition coefficient (Wildman–Crippen LogP) is 0.747. The van der Waals surface area contributed by atoms with E-state index in [0.717, 1.165) is 12.8 Å². The van der Waals surface area contributed by atoms with Gasteiger partial charge in [0.15, 0.2) is 0 Å². The van der Waals surface area contributed by atoms with Crippen molar-refractivity contribution >= 4 is 16.0 Å². The highest BCUT2D eigenvalue weighted by Crippen LogP contribution is 2.29. The van der Waals surface area contributed by atoms with Gasteiger partial charge in [-0.15, -0.1) is 0 Å². The number of furan rings is 1. The summed E-state index contributed by atoms with van der Waals surface area (Å²) in [5, 5.41) is 3.01. The van der Waals surface area contributed by atoms with E-state index in [1.807, 2.05) is 0 Å². The van der Waals surface area contributed by atoms with Crippen molar-refractivity contribution in [1.82, 2.24) is 9.62 Å². The van der Waals surface area contributed by atoms with Gasteiger partial charge in [-0.25, -0.2) is 13.2 Å². The molecule has 0 radical (unpaired) electrons. The van der Waals surface area contributed by atoms with E-state index in [1.54, 1.807) is 7.05 Å². The van der Waals surface area contributed by atoms with Crippen molar-refractivity contribution in [3.63, 3.8) is 0 Å². The SMILES string of the molecule is CNCC1CCCN1S(=O)(=O)c1cc(C(=O)OC)oc1C. The van der Waals surface area contributed by atoms with Gasteiger partial charge in [-0.3, -0.25) is 0 Å². The number of ether oxygens (including phenoxy) is 1. The van der Waals surface area contributed by atoms with Gasteiger partial charge in [0, 0.05) is 25.2 Å². The molecule has 1 aromatic heterocycles. The van der Waals surface area contributed by atoms with Crippen molar-refractivity contribution in [2.24, 2.45) is 0 Å². The zero-order valence-corrected chi connectivity index (χ0v) is 13.2. The number of sulfonamides is 1. The van der Waals surface area contributed by atoms with Gasteiger partial charge in [0.2, 0.25) is 15.8 Å². The van der Waals surface area contributed by atoms with Gasteiger partial charge < -0.3 is 14.5 Å². The lowest BCUT2D eigenvalue weighted by Gasteiger charge is -2.23. The van der Waals surface area contributed by atoms with Gasteiger partial charge in [-0.1, -0.05) is 0 Å². The molecular weight excluding hydrogens is 296 g/mol. The Kier molecular flexibility index (Phi) is 4.70. The Balaban J connectivity index is 2.35. The van der Waals surface area contributed by atoms with Crippen molar-refractivity contribution in [3.05, 3.63) is 17.6 Å². The third-order valence-corrected chi connectivity index (χ3v) is 5.67. The first kappa shape index (κ1) is 16.0. The van der Waals surface area contributed by atoms with E-state index in [9.17, 15) is 13.2 Å². The lowest BCUT2D eigenvalue weighted by Crippen LogP contribution is -2.40. The van der Waals surface area contributed by atoms with Crippen LogP contribution in [0.3, 0.4) is 0 Å². The third kappa shape index (κ3) is 2.97. The highest BCUT2D eigenvalue weighted by molar-refractivity contribution is 7.89. The van der Waals surface area contributed by atoms with Crippen LogP contribution < -0.4 is 5.32 Å². The molecule has 1 N–H and O–H groups in total. The summed E-state index contributed by atoms with van der Waals surface area (Å²) in [4.78, 5) is 11.5. The lowest BCUT2D eigenvalue weighted by atomic mass is 10.2.